The quantitative estimate of drug-likeness (QED) is 0.193. The van der Waals surface area contributed by atoms with Gasteiger partial charge in [-0.2, -0.15) is 0 Å². The van der Waals surface area contributed by atoms with Crippen LogP contribution in [0.1, 0.15) is 0 Å². The lowest BCUT2D eigenvalue weighted by Crippen LogP contribution is -1.96. The van der Waals surface area contributed by atoms with E-state index in [4.69, 9.17) is 15.0 Å². The summed E-state index contributed by atoms with van der Waals surface area (Å²) in [5.41, 5.74) is 10.6. The Hall–Kier alpha value is -5.97. The highest BCUT2D eigenvalue weighted by Gasteiger charge is 2.17. The number of thiophene rings is 1. The van der Waals surface area contributed by atoms with Gasteiger partial charge in [-0.05, 0) is 41.0 Å². The molecule has 0 spiro atoms. The lowest BCUT2D eigenvalue weighted by atomic mass is 9.95. The molecule has 3 nitrogen and oxygen atoms in total. The van der Waals surface area contributed by atoms with E-state index >= 15 is 0 Å². The number of rotatable bonds is 5. The van der Waals surface area contributed by atoms with Gasteiger partial charge in [-0.25, -0.2) is 15.0 Å². The predicted molar refractivity (Wildman–Crippen MR) is 197 cm³/mol. The van der Waals surface area contributed by atoms with Crippen molar-refractivity contribution >= 4 is 42.5 Å². The lowest BCUT2D eigenvalue weighted by molar-refractivity contribution is 1.18. The molecule has 0 aliphatic heterocycles. The summed E-state index contributed by atoms with van der Waals surface area (Å²) in [4.78, 5) is 16.4. The van der Waals surface area contributed by atoms with Gasteiger partial charge in [0.25, 0.3) is 0 Å². The Bertz CT molecular complexity index is 2550. The maximum Gasteiger partial charge on any atom is 0.160 e. The molecule has 3 aromatic heterocycles. The standard InChI is InChI=1S/C43H27N3S/c1-3-12-28(13-4-1)32-16-11-17-33(26-32)38-27-37(29-14-5-2-6-15-29)44-42(45-38)31-24-22-30(23-25-31)40-34-18-7-9-20-36(34)46-43-41(40)35-19-8-10-21-39(35)47-43/h1-27H. The second-order valence-corrected chi connectivity index (χ2v) is 12.7. The minimum atomic E-state index is 0.698. The number of hydrogen-bond acceptors (Lipinski definition) is 4. The summed E-state index contributed by atoms with van der Waals surface area (Å²) in [6.45, 7) is 0. The van der Waals surface area contributed by atoms with Crippen LogP contribution in [-0.4, -0.2) is 15.0 Å². The summed E-state index contributed by atoms with van der Waals surface area (Å²) in [5, 5.41) is 3.60. The van der Waals surface area contributed by atoms with Gasteiger partial charge in [0.15, 0.2) is 5.82 Å². The Morgan fingerprint density at radius 3 is 1.77 bits per heavy atom. The molecule has 0 amide bonds. The molecule has 0 radical (unpaired) electrons. The predicted octanol–water partition coefficient (Wildman–Crippen LogP) is 11.7. The molecule has 0 bridgehead atoms. The topological polar surface area (TPSA) is 38.7 Å². The SMILES string of the molecule is c1ccc(-c2cccc(-c3cc(-c4ccccc4)nc(-c4ccc(-c5c6ccccc6nc6sc7ccccc7c56)cc4)n3)c2)cc1. The number of hydrogen-bond donors (Lipinski definition) is 0. The number of fused-ring (bicyclic) bond motifs is 4. The van der Waals surface area contributed by atoms with Gasteiger partial charge in [-0.1, -0.05) is 140 Å². The summed E-state index contributed by atoms with van der Waals surface area (Å²) in [6, 6.07) is 57.3. The van der Waals surface area contributed by atoms with Crippen LogP contribution < -0.4 is 0 Å². The first-order valence-corrected chi connectivity index (χ1v) is 16.5. The molecule has 4 heteroatoms. The molecule has 9 rings (SSSR count). The van der Waals surface area contributed by atoms with Gasteiger partial charge in [0.1, 0.15) is 4.83 Å². The molecule has 9 aromatic rings. The average molecular weight is 618 g/mol. The number of aromatic nitrogens is 3. The Labute approximate surface area is 276 Å². The van der Waals surface area contributed by atoms with Crippen LogP contribution in [0, 0.1) is 0 Å². The molecular formula is C43H27N3S. The Morgan fingerprint density at radius 1 is 0.383 bits per heavy atom. The van der Waals surface area contributed by atoms with Crippen LogP contribution >= 0.6 is 11.3 Å². The normalized spacial score (nSPS) is 11.4. The third-order valence-corrected chi connectivity index (χ3v) is 9.78. The van der Waals surface area contributed by atoms with Gasteiger partial charge < -0.3 is 0 Å². The van der Waals surface area contributed by atoms with Crippen molar-refractivity contribution in [1.29, 1.82) is 0 Å². The van der Waals surface area contributed by atoms with Gasteiger partial charge in [0, 0.05) is 43.1 Å². The highest BCUT2D eigenvalue weighted by atomic mass is 32.1. The van der Waals surface area contributed by atoms with Crippen LogP contribution in [0.2, 0.25) is 0 Å². The minimum Gasteiger partial charge on any atom is -0.237 e. The molecule has 0 aliphatic rings. The van der Waals surface area contributed by atoms with Crippen molar-refractivity contribution in [1.82, 2.24) is 15.0 Å². The summed E-state index contributed by atoms with van der Waals surface area (Å²) >= 11 is 1.75. The fraction of sp³-hybridized carbons (Fsp3) is 0. The molecule has 3 heterocycles. The lowest BCUT2D eigenvalue weighted by Gasteiger charge is -2.12. The molecule has 0 unspecified atom stereocenters. The van der Waals surface area contributed by atoms with Gasteiger partial charge in [0.05, 0.1) is 16.9 Å². The van der Waals surface area contributed by atoms with E-state index in [0.717, 1.165) is 54.9 Å². The molecular weight excluding hydrogens is 591 g/mol. The zero-order valence-electron chi connectivity index (χ0n) is 25.3. The second-order valence-electron chi connectivity index (χ2n) is 11.6. The first-order chi connectivity index (χ1) is 23.3. The first kappa shape index (κ1) is 27.3. The van der Waals surface area contributed by atoms with Gasteiger partial charge in [0.2, 0.25) is 0 Å². The third kappa shape index (κ3) is 4.96. The first-order valence-electron chi connectivity index (χ1n) is 15.7. The molecule has 6 aromatic carbocycles. The molecule has 47 heavy (non-hydrogen) atoms. The van der Waals surface area contributed by atoms with Gasteiger partial charge >= 0.3 is 0 Å². The molecule has 0 atom stereocenters. The van der Waals surface area contributed by atoms with Gasteiger partial charge in [-0.3, -0.25) is 0 Å². The largest absolute Gasteiger partial charge is 0.237 e. The zero-order chi connectivity index (χ0) is 31.2. The van der Waals surface area contributed by atoms with Crippen molar-refractivity contribution in [2.75, 3.05) is 0 Å². The van der Waals surface area contributed by atoms with Crippen LogP contribution in [-0.2, 0) is 0 Å². The second kappa shape index (κ2) is 11.4. The van der Waals surface area contributed by atoms with E-state index in [0.29, 0.717) is 5.82 Å². The van der Waals surface area contributed by atoms with Crippen molar-refractivity contribution in [2.24, 2.45) is 0 Å². The smallest absolute Gasteiger partial charge is 0.160 e. The van der Waals surface area contributed by atoms with Crippen LogP contribution in [0.3, 0.4) is 0 Å². The summed E-state index contributed by atoms with van der Waals surface area (Å²) in [7, 11) is 0. The van der Waals surface area contributed by atoms with Crippen molar-refractivity contribution in [3.63, 3.8) is 0 Å². The maximum atomic E-state index is 5.15. The zero-order valence-corrected chi connectivity index (χ0v) is 26.2. The number of benzene rings is 6. The summed E-state index contributed by atoms with van der Waals surface area (Å²) < 4.78 is 1.25. The van der Waals surface area contributed by atoms with E-state index in [-0.39, 0.29) is 0 Å². The highest BCUT2D eigenvalue weighted by Crippen LogP contribution is 2.43. The van der Waals surface area contributed by atoms with Crippen LogP contribution in [0.25, 0.3) is 87.4 Å². The van der Waals surface area contributed by atoms with Crippen LogP contribution in [0.15, 0.2) is 164 Å². The van der Waals surface area contributed by atoms with Crippen LogP contribution in [0.5, 0.6) is 0 Å². The summed E-state index contributed by atoms with van der Waals surface area (Å²) in [6.07, 6.45) is 0. The fourth-order valence-corrected chi connectivity index (χ4v) is 7.53. The molecule has 0 saturated heterocycles. The van der Waals surface area contributed by atoms with Gasteiger partial charge in [-0.15, -0.1) is 11.3 Å². The molecule has 0 fully saturated rings. The molecule has 0 aliphatic carbocycles. The minimum absolute atomic E-state index is 0.698. The van der Waals surface area contributed by atoms with E-state index in [2.05, 4.69) is 152 Å². The Balaban J connectivity index is 1.19. The molecule has 220 valence electrons. The number of para-hydroxylation sites is 1. The van der Waals surface area contributed by atoms with E-state index in [9.17, 15) is 0 Å². The van der Waals surface area contributed by atoms with E-state index < -0.39 is 0 Å². The third-order valence-electron chi connectivity index (χ3n) is 8.72. The molecule has 0 saturated carbocycles. The van der Waals surface area contributed by atoms with E-state index in [1.54, 1.807) is 11.3 Å². The molecule has 0 N–H and O–H groups in total. The maximum absolute atomic E-state index is 5.15. The van der Waals surface area contributed by atoms with E-state index in [1.165, 1.54) is 26.6 Å². The van der Waals surface area contributed by atoms with Crippen molar-refractivity contribution < 1.29 is 0 Å². The van der Waals surface area contributed by atoms with Crippen molar-refractivity contribution in [3.05, 3.63) is 164 Å². The number of nitrogens with zero attached hydrogens (tertiary/aromatic N) is 3. The van der Waals surface area contributed by atoms with E-state index in [1.807, 2.05) is 12.1 Å². The average Bonchev–Trinajstić information content (AvgIpc) is 3.52. The highest BCUT2D eigenvalue weighted by molar-refractivity contribution is 7.25. The number of pyridine rings is 1. The summed E-state index contributed by atoms with van der Waals surface area (Å²) in [5.74, 6) is 0.698. The Kier molecular flexibility index (Phi) is 6.65. The monoisotopic (exact) mass is 617 g/mol. The van der Waals surface area contributed by atoms with Crippen molar-refractivity contribution in [2.45, 2.75) is 0 Å². The fourth-order valence-electron chi connectivity index (χ4n) is 6.44. The van der Waals surface area contributed by atoms with Crippen LogP contribution in [0.4, 0.5) is 0 Å². The van der Waals surface area contributed by atoms with Crippen molar-refractivity contribution in [3.8, 4) is 56.2 Å². The Morgan fingerprint density at radius 2 is 0.979 bits per heavy atom.